The highest BCUT2D eigenvalue weighted by Crippen LogP contribution is 2.24. The summed E-state index contributed by atoms with van der Waals surface area (Å²) in [6, 6.07) is 17.2. The van der Waals surface area contributed by atoms with Crippen molar-refractivity contribution in [2.75, 3.05) is 12.3 Å². The molecule has 1 N–H and O–H groups in total. The molecule has 1 amide bonds. The Hall–Kier alpha value is -2.51. The van der Waals surface area contributed by atoms with Crippen LogP contribution in [0, 0.1) is 6.92 Å². The van der Waals surface area contributed by atoms with Gasteiger partial charge in [-0.05, 0) is 18.9 Å². The second kappa shape index (κ2) is 9.80. The Morgan fingerprint density at radius 3 is 2.52 bits per heavy atom. The molecule has 5 nitrogen and oxygen atoms in total. The molecule has 1 aromatic heterocycles. The van der Waals surface area contributed by atoms with Gasteiger partial charge in [0.05, 0.1) is 23.6 Å². The van der Waals surface area contributed by atoms with E-state index in [1.54, 1.807) is 12.1 Å². The SMILES string of the molecule is Cc1ccc(-c2nc(CC(=O)NCCCS(=O)(=O)Cc3ccccc3)cs2)cc1. The zero-order chi connectivity index (χ0) is 20.7. The van der Waals surface area contributed by atoms with Gasteiger partial charge in [-0.2, -0.15) is 0 Å². The van der Waals surface area contributed by atoms with Crippen molar-refractivity contribution in [2.24, 2.45) is 0 Å². The number of thiazole rings is 1. The van der Waals surface area contributed by atoms with Crippen LogP contribution in [0.4, 0.5) is 0 Å². The molecule has 0 saturated heterocycles. The van der Waals surface area contributed by atoms with Crippen molar-refractivity contribution in [3.05, 3.63) is 76.8 Å². The molecule has 29 heavy (non-hydrogen) atoms. The Labute approximate surface area is 175 Å². The molecule has 0 atom stereocenters. The van der Waals surface area contributed by atoms with Crippen molar-refractivity contribution in [3.63, 3.8) is 0 Å². The molecule has 0 aliphatic rings. The minimum Gasteiger partial charge on any atom is -0.356 e. The maximum atomic E-state index is 12.2. The number of nitrogens with one attached hydrogen (secondary N) is 1. The zero-order valence-corrected chi connectivity index (χ0v) is 17.9. The largest absolute Gasteiger partial charge is 0.356 e. The summed E-state index contributed by atoms with van der Waals surface area (Å²) in [6.07, 6.45) is 0.589. The van der Waals surface area contributed by atoms with E-state index >= 15 is 0 Å². The molecular formula is C22H24N2O3S2. The summed E-state index contributed by atoms with van der Waals surface area (Å²) in [5.74, 6) is -0.0648. The highest BCUT2D eigenvalue weighted by Gasteiger charge is 2.13. The van der Waals surface area contributed by atoms with Crippen molar-refractivity contribution in [2.45, 2.75) is 25.5 Å². The van der Waals surface area contributed by atoms with Crippen LogP contribution in [0.2, 0.25) is 0 Å². The van der Waals surface area contributed by atoms with E-state index < -0.39 is 9.84 Å². The first-order valence-electron chi connectivity index (χ1n) is 9.44. The Balaban J connectivity index is 1.42. The van der Waals surface area contributed by atoms with Gasteiger partial charge < -0.3 is 5.32 Å². The van der Waals surface area contributed by atoms with Gasteiger partial charge in [0.25, 0.3) is 0 Å². The predicted molar refractivity (Wildman–Crippen MR) is 118 cm³/mol. The molecular weight excluding hydrogens is 404 g/mol. The number of sulfone groups is 1. The van der Waals surface area contributed by atoms with Gasteiger partial charge >= 0.3 is 0 Å². The molecule has 0 fully saturated rings. The first-order chi connectivity index (χ1) is 13.9. The number of carbonyl (C=O) groups excluding carboxylic acids is 1. The molecule has 0 saturated carbocycles. The van der Waals surface area contributed by atoms with Gasteiger partial charge in [-0.3, -0.25) is 4.79 Å². The lowest BCUT2D eigenvalue weighted by molar-refractivity contribution is -0.120. The van der Waals surface area contributed by atoms with E-state index in [2.05, 4.69) is 10.3 Å². The molecule has 3 aromatic rings. The van der Waals surface area contributed by atoms with Crippen molar-refractivity contribution in [3.8, 4) is 10.6 Å². The van der Waals surface area contributed by atoms with Crippen molar-refractivity contribution >= 4 is 27.1 Å². The van der Waals surface area contributed by atoms with Gasteiger partial charge in [0, 0.05) is 17.5 Å². The summed E-state index contributed by atoms with van der Waals surface area (Å²) in [4.78, 5) is 16.6. The van der Waals surface area contributed by atoms with Gasteiger partial charge in [-0.25, -0.2) is 13.4 Å². The molecule has 0 aliphatic carbocycles. The zero-order valence-electron chi connectivity index (χ0n) is 16.3. The van der Waals surface area contributed by atoms with Crippen LogP contribution in [0.3, 0.4) is 0 Å². The Morgan fingerprint density at radius 2 is 1.79 bits per heavy atom. The molecule has 0 bridgehead atoms. The number of aromatic nitrogens is 1. The maximum Gasteiger partial charge on any atom is 0.226 e. The second-order valence-corrected chi connectivity index (χ2v) is 10.0. The smallest absolute Gasteiger partial charge is 0.226 e. The first-order valence-corrected chi connectivity index (χ1v) is 12.1. The Morgan fingerprint density at radius 1 is 1.07 bits per heavy atom. The number of nitrogens with zero attached hydrogens (tertiary/aromatic N) is 1. The third-order valence-corrected chi connectivity index (χ3v) is 7.00. The van der Waals surface area contributed by atoms with Crippen LogP contribution >= 0.6 is 11.3 Å². The summed E-state index contributed by atoms with van der Waals surface area (Å²) in [6.45, 7) is 2.37. The molecule has 2 aromatic carbocycles. The lowest BCUT2D eigenvalue weighted by Crippen LogP contribution is -2.27. The number of benzene rings is 2. The normalized spacial score (nSPS) is 11.3. The molecule has 0 spiro atoms. The molecule has 7 heteroatoms. The van der Waals surface area contributed by atoms with Gasteiger partial charge in [-0.1, -0.05) is 60.2 Å². The van der Waals surface area contributed by atoms with Crippen LogP contribution in [0.1, 0.15) is 23.2 Å². The minimum atomic E-state index is -3.18. The second-order valence-electron chi connectivity index (χ2n) is 6.97. The number of hydrogen-bond acceptors (Lipinski definition) is 5. The third kappa shape index (κ3) is 6.80. The summed E-state index contributed by atoms with van der Waals surface area (Å²) in [7, 11) is -3.18. The van der Waals surface area contributed by atoms with Gasteiger partial charge in [0.15, 0.2) is 9.84 Å². The quantitative estimate of drug-likeness (QED) is 0.526. The molecule has 0 radical (unpaired) electrons. The Bertz CT molecular complexity index is 1040. The fraction of sp³-hybridized carbons (Fsp3) is 0.273. The number of amides is 1. The van der Waals surface area contributed by atoms with Gasteiger partial charge in [0.1, 0.15) is 5.01 Å². The summed E-state index contributed by atoms with van der Waals surface area (Å²) in [5, 5.41) is 5.56. The van der Waals surface area contributed by atoms with Gasteiger partial charge in [0.2, 0.25) is 5.91 Å². The van der Waals surface area contributed by atoms with E-state index in [-0.39, 0.29) is 23.8 Å². The fourth-order valence-electron chi connectivity index (χ4n) is 2.86. The predicted octanol–water partition coefficient (Wildman–Crippen LogP) is 3.78. The molecule has 0 aliphatic heterocycles. The van der Waals surface area contributed by atoms with E-state index in [0.29, 0.717) is 13.0 Å². The van der Waals surface area contributed by atoms with Crippen LogP contribution in [0.5, 0.6) is 0 Å². The van der Waals surface area contributed by atoms with Crippen molar-refractivity contribution in [1.82, 2.24) is 10.3 Å². The number of hydrogen-bond donors (Lipinski definition) is 1. The lowest BCUT2D eigenvalue weighted by atomic mass is 10.2. The molecule has 0 unspecified atom stereocenters. The van der Waals surface area contributed by atoms with Crippen LogP contribution in [0.15, 0.2) is 60.0 Å². The van der Waals surface area contributed by atoms with Crippen LogP contribution in [-0.4, -0.2) is 31.6 Å². The standard InChI is InChI=1S/C22H24N2O3S2/c1-17-8-10-19(11-9-17)22-24-20(15-28-22)14-21(25)23-12-5-13-29(26,27)16-18-6-3-2-4-7-18/h2-4,6-11,15H,5,12-14,16H2,1H3,(H,23,25). The van der Waals surface area contributed by atoms with Crippen LogP contribution in [-0.2, 0) is 26.8 Å². The van der Waals surface area contributed by atoms with Gasteiger partial charge in [-0.15, -0.1) is 11.3 Å². The summed E-state index contributed by atoms with van der Waals surface area (Å²) >= 11 is 1.51. The monoisotopic (exact) mass is 428 g/mol. The van der Waals surface area contributed by atoms with Crippen LogP contribution < -0.4 is 5.32 Å². The maximum absolute atomic E-state index is 12.2. The molecule has 3 rings (SSSR count). The van der Waals surface area contributed by atoms with E-state index in [4.69, 9.17) is 0 Å². The molecule has 1 heterocycles. The number of carbonyl (C=O) groups is 1. The fourth-order valence-corrected chi connectivity index (χ4v) is 5.12. The first kappa shape index (κ1) is 21.2. The van der Waals surface area contributed by atoms with Crippen LogP contribution in [0.25, 0.3) is 10.6 Å². The third-order valence-electron chi connectivity index (χ3n) is 4.38. The summed E-state index contributed by atoms with van der Waals surface area (Å²) in [5.41, 5.74) is 3.73. The van der Waals surface area contributed by atoms with E-state index in [9.17, 15) is 13.2 Å². The highest BCUT2D eigenvalue weighted by molar-refractivity contribution is 7.90. The average Bonchev–Trinajstić information content (AvgIpc) is 3.15. The number of aryl methyl sites for hydroxylation is 1. The molecule has 152 valence electrons. The van der Waals surface area contributed by atoms with Crippen molar-refractivity contribution in [1.29, 1.82) is 0 Å². The Kier molecular flexibility index (Phi) is 7.17. The number of rotatable bonds is 9. The van der Waals surface area contributed by atoms with E-state index in [0.717, 1.165) is 21.8 Å². The summed E-state index contributed by atoms with van der Waals surface area (Å²) < 4.78 is 24.3. The van der Waals surface area contributed by atoms with E-state index in [1.807, 2.05) is 54.8 Å². The average molecular weight is 429 g/mol. The van der Waals surface area contributed by atoms with Crippen molar-refractivity contribution < 1.29 is 13.2 Å². The topological polar surface area (TPSA) is 76.1 Å². The minimum absolute atomic E-state index is 0.0302. The lowest BCUT2D eigenvalue weighted by Gasteiger charge is -2.06. The highest BCUT2D eigenvalue weighted by atomic mass is 32.2. The van der Waals surface area contributed by atoms with E-state index in [1.165, 1.54) is 16.9 Å².